The van der Waals surface area contributed by atoms with Crippen LogP contribution in [0.5, 0.6) is 0 Å². The molecule has 0 aromatic rings. The van der Waals surface area contributed by atoms with E-state index in [1.807, 2.05) is 62.3 Å². The van der Waals surface area contributed by atoms with Gasteiger partial charge in [-0.2, -0.15) is 11.8 Å². The zero-order valence-electron chi connectivity index (χ0n) is 52.1. The van der Waals surface area contributed by atoms with E-state index in [0.29, 0.717) is 38.0 Å². The maximum atomic E-state index is 14.9. The highest BCUT2D eigenvalue weighted by Gasteiger charge is 2.41. The molecule has 0 aliphatic carbocycles. The topological polar surface area (TPSA) is 293 Å². The van der Waals surface area contributed by atoms with E-state index in [1.165, 1.54) is 68.6 Å². The first kappa shape index (κ1) is 75.0. The average molecular weight is 1150 g/mol. The van der Waals surface area contributed by atoms with Gasteiger partial charge in [-0.05, 0) is 99.7 Å². The van der Waals surface area contributed by atoms with Gasteiger partial charge in [0.25, 0.3) is 5.91 Å². The lowest BCUT2D eigenvalue weighted by Gasteiger charge is -2.37. The van der Waals surface area contributed by atoms with Gasteiger partial charge in [0, 0.05) is 61.1 Å². The first-order valence-electron chi connectivity index (χ1n) is 28.9. The van der Waals surface area contributed by atoms with E-state index in [4.69, 9.17) is 5.73 Å². The van der Waals surface area contributed by atoms with Crippen molar-refractivity contribution < 1.29 is 53.1 Å². The van der Waals surface area contributed by atoms with Crippen LogP contribution in [0.25, 0.3) is 0 Å². The highest BCUT2D eigenvalue weighted by Crippen LogP contribution is 2.23. The number of rotatable bonds is 37. The summed E-state index contributed by atoms with van der Waals surface area (Å²) in [5.74, 6) is -4.81. The average Bonchev–Trinajstić information content (AvgIpc) is 3.38. The number of imide groups is 2. The highest BCUT2D eigenvalue weighted by molar-refractivity contribution is 7.99. The third-order valence-electron chi connectivity index (χ3n) is 14.2. The molecule has 0 saturated heterocycles. The van der Waals surface area contributed by atoms with Crippen molar-refractivity contribution in [2.24, 2.45) is 41.2 Å². The van der Waals surface area contributed by atoms with Gasteiger partial charge in [-0.15, -0.1) is 0 Å². The van der Waals surface area contributed by atoms with Gasteiger partial charge in [-0.3, -0.25) is 49.0 Å². The van der Waals surface area contributed by atoms with E-state index in [1.54, 1.807) is 20.9 Å². The fraction of sp³-hybridized carbons (Fsp3) is 0.825. The Morgan fingerprint density at radius 2 is 0.950 bits per heavy atom. The lowest BCUT2D eigenvalue weighted by atomic mass is 9.94. The number of nitrogens with zero attached hydrogens (tertiary/aromatic N) is 5. The maximum Gasteiger partial charge on any atom is 0.324 e. The number of carbonyl (C=O) groups excluding carboxylic acids is 10. The molecule has 80 heavy (non-hydrogen) atoms. The fourth-order valence-corrected chi connectivity index (χ4v) is 10.2. The van der Waals surface area contributed by atoms with E-state index in [0.717, 1.165) is 41.9 Å². The van der Waals surface area contributed by atoms with Gasteiger partial charge in [-0.1, -0.05) is 102 Å². The standard InChI is InChI=1S/C57H107N11O11S/c1-35(2)29-42(50(72)59-13)67(17)56(78)62-49(71)41(12)60-51(73)43(30-36(3)4)66(16)55(77)48(39(9)10)61-52(74)44(31-37(5)6)65(15)54(76)46(34-80-28-24-23-27-69)68(18)57(79)63-53(75)45(64(14)47(70)32-38(7)8)33-40(11)25-21-19-20-22-26-58/h35-46,48,69H,19-34,58H2,1-18H3,(H,59,72)(H,60,73)(H,61,74)(H,62,71,78)(H,63,75,79)/t40-,41-,42+,43+,44+,45?,46-,48+/m1/s1. The Kier molecular flexibility index (Phi) is 36.2. The van der Waals surface area contributed by atoms with Crippen molar-refractivity contribution in [3.05, 3.63) is 0 Å². The summed E-state index contributed by atoms with van der Waals surface area (Å²) in [6, 6.07) is -9.47. The van der Waals surface area contributed by atoms with Crippen LogP contribution in [0, 0.1) is 35.5 Å². The lowest BCUT2D eigenvalue weighted by Crippen LogP contribution is -2.61. The normalized spacial score (nSPS) is 14.5. The van der Waals surface area contributed by atoms with Crippen LogP contribution in [0.1, 0.15) is 160 Å². The second-order valence-corrected chi connectivity index (χ2v) is 24.8. The zero-order chi connectivity index (χ0) is 61.7. The van der Waals surface area contributed by atoms with E-state index in [9.17, 15) is 53.1 Å². The molecule has 0 fully saturated rings. The van der Waals surface area contributed by atoms with Gasteiger partial charge in [-0.25, -0.2) is 9.59 Å². The molecule has 12 amide bonds. The van der Waals surface area contributed by atoms with Crippen LogP contribution in [-0.4, -0.2) is 198 Å². The number of amides is 12. The van der Waals surface area contributed by atoms with Crippen LogP contribution in [0.3, 0.4) is 0 Å². The van der Waals surface area contributed by atoms with Crippen LogP contribution < -0.4 is 32.3 Å². The van der Waals surface area contributed by atoms with Crippen molar-refractivity contribution >= 4 is 71.1 Å². The molecule has 0 radical (unpaired) electrons. The van der Waals surface area contributed by atoms with E-state index in [2.05, 4.69) is 26.6 Å². The van der Waals surface area contributed by atoms with Crippen LogP contribution in [-0.2, 0) is 38.4 Å². The van der Waals surface area contributed by atoms with Gasteiger partial charge in [0.2, 0.25) is 41.4 Å². The molecule has 0 aliphatic heterocycles. The maximum absolute atomic E-state index is 14.9. The number of hydrogen-bond donors (Lipinski definition) is 7. The summed E-state index contributed by atoms with van der Waals surface area (Å²) in [5.41, 5.74) is 5.67. The second-order valence-electron chi connectivity index (χ2n) is 23.7. The molecule has 8 N–H and O–H groups in total. The molecule has 8 atom stereocenters. The Morgan fingerprint density at radius 3 is 1.43 bits per heavy atom. The summed E-state index contributed by atoms with van der Waals surface area (Å²) in [5, 5.41) is 22.2. The Balaban J connectivity index is 6.84. The number of nitrogens with two attached hydrogens (primary N) is 1. The van der Waals surface area contributed by atoms with E-state index in [-0.39, 0.29) is 67.1 Å². The van der Waals surface area contributed by atoms with Crippen molar-refractivity contribution in [1.82, 2.24) is 51.1 Å². The number of nitrogens with one attached hydrogen (secondary N) is 5. The van der Waals surface area contributed by atoms with Crippen molar-refractivity contribution in [3.63, 3.8) is 0 Å². The second kappa shape index (κ2) is 38.6. The highest BCUT2D eigenvalue weighted by atomic mass is 32.2. The third-order valence-corrected chi connectivity index (χ3v) is 15.3. The summed E-state index contributed by atoms with van der Waals surface area (Å²) in [6.45, 7) is 22.5. The molecule has 0 aromatic heterocycles. The fourth-order valence-electron chi connectivity index (χ4n) is 9.05. The minimum atomic E-state index is -1.25. The smallest absolute Gasteiger partial charge is 0.324 e. The molecule has 0 aliphatic rings. The molecule has 0 bridgehead atoms. The van der Waals surface area contributed by atoms with Crippen LogP contribution >= 0.6 is 11.8 Å². The molecule has 0 heterocycles. The number of carbonyl (C=O) groups is 10. The Bertz CT molecular complexity index is 1970. The van der Waals surface area contributed by atoms with Crippen molar-refractivity contribution in [3.8, 4) is 0 Å². The summed E-state index contributed by atoms with van der Waals surface area (Å²) >= 11 is 1.37. The van der Waals surface area contributed by atoms with Gasteiger partial charge in [0.05, 0.1) is 0 Å². The zero-order valence-corrected chi connectivity index (χ0v) is 52.9. The molecular formula is C57H107N11O11S. The molecule has 0 saturated carbocycles. The molecule has 23 heteroatoms. The monoisotopic (exact) mass is 1150 g/mol. The minimum Gasteiger partial charge on any atom is -0.396 e. The molecule has 0 spiro atoms. The summed E-state index contributed by atoms with van der Waals surface area (Å²) in [4.78, 5) is 145. The molecule has 22 nitrogen and oxygen atoms in total. The quantitative estimate of drug-likeness (QED) is 0.0421. The molecule has 462 valence electrons. The van der Waals surface area contributed by atoms with Crippen LogP contribution in [0.15, 0.2) is 0 Å². The largest absolute Gasteiger partial charge is 0.396 e. The molecular weight excluding hydrogens is 1050 g/mol. The van der Waals surface area contributed by atoms with Crippen LogP contribution in [0.4, 0.5) is 9.59 Å². The Hall–Kier alpha value is -5.03. The number of aliphatic hydroxyl groups is 1. The predicted molar refractivity (Wildman–Crippen MR) is 316 cm³/mol. The number of aliphatic hydroxyl groups excluding tert-OH is 1. The lowest BCUT2D eigenvalue weighted by molar-refractivity contribution is -0.146. The summed E-state index contributed by atoms with van der Waals surface area (Å²) in [7, 11) is 8.69. The molecule has 1 unspecified atom stereocenters. The molecule has 0 aromatic carbocycles. The number of unbranched alkanes of at least 4 members (excludes halogenated alkanes) is 4. The van der Waals surface area contributed by atoms with E-state index >= 15 is 0 Å². The number of hydrogen-bond acceptors (Lipinski definition) is 13. The number of urea groups is 2. The SMILES string of the molecule is CNC(=O)[C@H](CC(C)C)N(C)C(=O)NC(=O)[C@@H](C)NC(=O)[C@H](CC(C)C)N(C)C(=O)[C@@H](NC(=O)[C@H](CC(C)C)N(C)C(=O)[C@@H](CSCCCCO)N(C)C(=O)NC(=O)C(C[C@H](C)CCCCCCN)N(C)C(=O)CC(C)C)C(C)C. The van der Waals surface area contributed by atoms with Crippen molar-refractivity contribution in [1.29, 1.82) is 0 Å². The Morgan fingerprint density at radius 1 is 0.487 bits per heavy atom. The first-order chi connectivity index (χ1) is 37.3. The van der Waals surface area contributed by atoms with Gasteiger partial charge < -0.3 is 51.3 Å². The summed E-state index contributed by atoms with van der Waals surface area (Å²) < 4.78 is 0. The van der Waals surface area contributed by atoms with Crippen LogP contribution in [0.2, 0.25) is 0 Å². The number of likely N-dealkylation sites (N-methyl/N-ethyl adjacent to an activating group) is 6. The predicted octanol–water partition coefficient (Wildman–Crippen LogP) is 4.56. The van der Waals surface area contributed by atoms with Crippen molar-refractivity contribution in [2.45, 2.75) is 202 Å². The van der Waals surface area contributed by atoms with E-state index < -0.39 is 102 Å². The molecule has 0 rings (SSSR count). The van der Waals surface area contributed by atoms with Gasteiger partial charge in [0.15, 0.2) is 0 Å². The summed E-state index contributed by atoms with van der Waals surface area (Å²) in [6.07, 6.45) is 6.94. The Labute approximate surface area is 484 Å². The minimum absolute atomic E-state index is 0.0206. The first-order valence-corrected chi connectivity index (χ1v) is 30.1. The third kappa shape index (κ3) is 26.7. The number of thioether (sulfide) groups is 1. The van der Waals surface area contributed by atoms with Gasteiger partial charge >= 0.3 is 12.1 Å². The van der Waals surface area contributed by atoms with Crippen molar-refractivity contribution in [2.75, 3.05) is 66.9 Å². The van der Waals surface area contributed by atoms with Gasteiger partial charge in [0.1, 0.15) is 42.3 Å².